The van der Waals surface area contributed by atoms with Gasteiger partial charge in [-0.2, -0.15) is 5.10 Å². The fourth-order valence-corrected chi connectivity index (χ4v) is 3.10. The van der Waals surface area contributed by atoms with Gasteiger partial charge in [-0.1, -0.05) is 24.3 Å². The van der Waals surface area contributed by atoms with Gasteiger partial charge in [-0.05, 0) is 24.1 Å². The molecule has 0 bridgehead atoms. The molecule has 6 nitrogen and oxygen atoms in total. The molecule has 0 radical (unpaired) electrons. The van der Waals surface area contributed by atoms with Crippen LogP contribution in [0.3, 0.4) is 0 Å². The number of carbonyl (C=O) groups excluding carboxylic acids is 1. The molecule has 1 aliphatic heterocycles. The van der Waals surface area contributed by atoms with E-state index in [2.05, 4.69) is 5.10 Å². The molecule has 0 aliphatic carbocycles. The maximum Gasteiger partial charge on any atom is 0.244 e. The number of aliphatic hydroxyl groups is 1. The van der Waals surface area contributed by atoms with Crippen molar-refractivity contribution in [2.45, 2.75) is 25.5 Å². The lowest BCUT2D eigenvalue weighted by Gasteiger charge is -2.42. The maximum absolute atomic E-state index is 12.5. The van der Waals surface area contributed by atoms with Gasteiger partial charge in [0.1, 0.15) is 12.1 Å². The second kappa shape index (κ2) is 7.15. The normalized spacial score (nSPS) is 21.0. The number of nitrogens with zero attached hydrogens (tertiary/aromatic N) is 3. The van der Waals surface area contributed by atoms with E-state index in [1.54, 1.807) is 28.0 Å². The van der Waals surface area contributed by atoms with Gasteiger partial charge in [0.25, 0.3) is 0 Å². The lowest BCUT2D eigenvalue weighted by atomic mass is 9.91. The number of benzene rings is 1. The number of aromatic nitrogens is 2. The molecule has 0 spiro atoms. The highest BCUT2D eigenvalue weighted by Gasteiger charge is 2.38. The highest BCUT2D eigenvalue weighted by Crippen LogP contribution is 2.24. The molecule has 1 saturated heterocycles. The van der Waals surface area contributed by atoms with E-state index < -0.39 is 5.60 Å². The highest BCUT2D eigenvalue weighted by atomic mass is 16.5. The summed E-state index contributed by atoms with van der Waals surface area (Å²) in [6.45, 7) is 3.49. The third kappa shape index (κ3) is 3.66. The molecule has 1 aliphatic rings. The van der Waals surface area contributed by atoms with Crippen molar-refractivity contribution in [3.8, 4) is 0 Å². The average Bonchev–Trinajstić information content (AvgIpc) is 3.10. The van der Waals surface area contributed by atoms with E-state index in [1.807, 2.05) is 31.2 Å². The van der Waals surface area contributed by atoms with Crippen LogP contribution in [0, 0.1) is 6.92 Å². The van der Waals surface area contributed by atoms with Crippen LogP contribution in [0.5, 0.6) is 0 Å². The first-order valence-electron chi connectivity index (χ1n) is 8.16. The van der Waals surface area contributed by atoms with Gasteiger partial charge in [0.15, 0.2) is 0 Å². The third-order valence-corrected chi connectivity index (χ3v) is 4.52. The molecule has 0 unspecified atom stereocenters. The Kier molecular flexibility index (Phi) is 4.97. The minimum Gasteiger partial charge on any atom is -0.393 e. The number of ether oxygens (including phenoxy) is 1. The van der Waals surface area contributed by atoms with Crippen LogP contribution in [0.25, 0.3) is 0 Å². The van der Waals surface area contributed by atoms with Crippen LogP contribution >= 0.6 is 0 Å². The van der Waals surface area contributed by atoms with Crippen LogP contribution < -0.4 is 0 Å². The van der Waals surface area contributed by atoms with Crippen molar-refractivity contribution in [3.63, 3.8) is 0 Å². The first-order chi connectivity index (χ1) is 11.6. The smallest absolute Gasteiger partial charge is 0.244 e. The SMILES string of the molecule is Cc1ccccc1C[C@]1(CO)CN(C(=O)Cn2cccn2)CCO1. The zero-order valence-corrected chi connectivity index (χ0v) is 13.9. The van der Waals surface area contributed by atoms with Crippen molar-refractivity contribution in [1.82, 2.24) is 14.7 Å². The fraction of sp³-hybridized carbons (Fsp3) is 0.444. The molecule has 1 atom stereocenters. The average molecular weight is 329 g/mol. The summed E-state index contributed by atoms with van der Waals surface area (Å²) in [4.78, 5) is 14.3. The summed E-state index contributed by atoms with van der Waals surface area (Å²) in [5, 5.41) is 14.0. The van der Waals surface area contributed by atoms with Gasteiger partial charge in [0, 0.05) is 25.4 Å². The van der Waals surface area contributed by atoms with Crippen LogP contribution in [-0.4, -0.2) is 57.6 Å². The molecule has 6 heteroatoms. The number of rotatable bonds is 5. The monoisotopic (exact) mass is 329 g/mol. The third-order valence-electron chi connectivity index (χ3n) is 4.52. The minimum atomic E-state index is -0.746. The summed E-state index contributed by atoms with van der Waals surface area (Å²) in [6, 6.07) is 9.86. The molecule has 1 N–H and O–H groups in total. The second-order valence-electron chi connectivity index (χ2n) is 6.31. The summed E-state index contributed by atoms with van der Waals surface area (Å²) >= 11 is 0. The number of aliphatic hydroxyl groups excluding tert-OH is 1. The Morgan fingerprint density at radius 3 is 2.92 bits per heavy atom. The molecule has 128 valence electrons. The van der Waals surface area contributed by atoms with Crippen molar-refractivity contribution >= 4 is 5.91 Å². The highest BCUT2D eigenvalue weighted by molar-refractivity contribution is 5.76. The first kappa shape index (κ1) is 16.7. The second-order valence-corrected chi connectivity index (χ2v) is 6.31. The Morgan fingerprint density at radius 1 is 1.38 bits per heavy atom. The first-order valence-corrected chi connectivity index (χ1v) is 8.16. The summed E-state index contributed by atoms with van der Waals surface area (Å²) in [5.74, 6) is -0.00962. The standard InChI is InChI=1S/C18H23N3O3/c1-15-5-2-3-6-16(15)11-18(14-22)13-20(9-10-24-18)17(23)12-21-8-4-7-19-21/h2-8,22H,9-14H2,1H3/t18-/m1/s1. The van der Waals surface area contributed by atoms with Crippen LogP contribution in [-0.2, 0) is 22.5 Å². The number of carbonyl (C=O) groups is 1. The molecule has 1 aromatic carbocycles. The summed E-state index contributed by atoms with van der Waals surface area (Å²) in [7, 11) is 0. The maximum atomic E-state index is 12.5. The van der Waals surface area contributed by atoms with Crippen molar-refractivity contribution in [2.24, 2.45) is 0 Å². The molecular weight excluding hydrogens is 306 g/mol. The zero-order chi connectivity index (χ0) is 17.0. The largest absolute Gasteiger partial charge is 0.393 e. The van der Waals surface area contributed by atoms with Crippen molar-refractivity contribution in [1.29, 1.82) is 0 Å². The Balaban J connectivity index is 1.72. The molecule has 2 heterocycles. The number of amides is 1. The van der Waals surface area contributed by atoms with Crippen molar-refractivity contribution in [3.05, 3.63) is 53.9 Å². The Bertz CT molecular complexity index is 687. The predicted octanol–water partition coefficient (Wildman–Crippen LogP) is 1.02. The Labute approximate surface area is 141 Å². The number of morpholine rings is 1. The predicted molar refractivity (Wildman–Crippen MR) is 89.5 cm³/mol. The summed E-state index contributed by atoms with van der Waals surface area (Å²) in [6.07, 6.45) is 4.01. The molecular formula is C18H23N3O3. The molecule has 2 aromatic rings. The van der Waals surface area contributed by atoms with Gasteiger partial charge >= 0.3 is 0 Å². The van der Waals surface area contributed by atoms with Crippen molar-refractivity contribution in [2.75, 3.05) is 26.3 Å². The van der Waals surface area contributed by atoms with E-state index in [4.69, 9.17) is 4.74 Å². The number of hydrogen-bond acceptors (Lipinski definition) is 4. The zero-order valence-electron chi connectivity index (χ0n) is 13.9. The summed E-state index contributed by atoms with van der Waals surface area (Å²) < 4.78 is 7.53. The lowest BCUT2D eigenvalue weighted by molar-refractivity contribution is -0.158. The van der Waals surface area contributed by atoms with Gasteiger partial charge in [-0.15, -0.1) is 0 Å². The van der Waals surface area contributed by atoms with E-state index in [1.165, 1.54) is 0 Å². The lowest BCUT2D eigenvalue weighted by Crippen LogP contribution is -2.57. The molecule has 3 rings (SSSR count). The molecule has 0 saturated carbocycles. The molecule has 24 heavy (non-hydrogen) atoms. The van der Waals surface area contributed by atoms with Gasteiger partial charge in [-0.25, -0.2) is 0 Å². The van der Waals surface area contributed by atoms with E-state index in [0.29, 0.717) is 26.1 Å². The van der Waals surface area contributed by atoms with Crippen LogP contribution in [0.15, 0.2) is 42.7 Å². The van der Waals surface area contributed by atoms with Crippen LogP contribution in [0.4, 0.5) is 0 Å². The van der Waals surface area contributed by atoms with E-state index in [0.717, 1.165) is 11.1 Å². The summed E-state index contributed by atoms with van der Waals surface area (Å²) in [5.41, 5.74) is 1.55. The quantitative estimate of drug-likeness (QED) is 0.889. The molecule has 1 amide bonds. The Morgan fingerprint density at radius 2 is 2.21 bits per heavy atom. The molecule has 1 fully saturated rings. The van der Waals surface area contributed by atoms with Gasteiger partial charge < -0.3 is 14.7 Å². The van der Waals surface area contributed by atoms with E-state index in [9.17, 15) is 9.90 Å². The van der Waals surface area contributed by atoms with E-state index in [-0.39, 0.29) is 19.1 Å². The van der Waals surface area contributed by atoms with Crippen LogP contribution in [0.1, 0.15) is 11.1 Å². The van der Waals surface area contributed by atoms with Gasteiger partial charge in [0.05, 0.1) is 19.8 Å². The van der Waals surface area contributed by atoms with Gasteiger partial charge in [-0.3, -0.25) is 9.48 Å². The van der Waals surface area contributed by atoms with Gasteiger partial charge in [0.2, 0.25) is 5.91 Å². The molecule has 1 aromatic heterocycles. The number of hydrogen-bond donors (Lipinski definition) is 1. The topological polar surface area (TPSA) is 67.6 Å². The van der Waals surface area contributed by atoms with Crippen molar-refractivity contribution < 1.29 is 14.6 Å². The fourth-order valence-electron chi connectivity index (χ4n) is 3.10. The van der Waals surface area contributed by atoms with Crippen LogP contribution in [0.2, 0.25) is 0 Å². The number of aryl methyl sites for hydroxylation is 1. The minimum absolute atomic E-state index is 0.00962. The Hall–Kier alpha value is -2.18. The van der Waals surface area contributed by atoms with E-state index >= 15 is 0 Å².